The number of ether oxygens (including phenoxy) is 1. The number of anilines is 1. The molecule has 2 N–H and O–H groups in total. The monoisotopic (exact) mass is 363 g/mol. The fraction of sp³-hybridized carbons (Fsp3) is 0.231. The molecular weight excluding hydrogens is 346 g/mol. The van der Waals surface area contributed by atoms with E-state index in [1.54, 1.807) is 0 Å². The number of nitrogens with zero attached hydrogens (tertiary/aromatic N) is 2. The SMILES string of the molecule is [2H]C([2H])([2H])c1c(Oc2c(Cl)cc(N)cc2Br)nn(C([2H])([2H])[2H])c(=O)c1C. The first-order valence-corrected chi connectivity index (χ1v) is 6.48. The smallest absolute Gasteiger partial charge is 0.269 e. The summed E-state index contributed by atoms with van der Waals surface area (Å²) in [4.78, 5) is 12.2. The topological polar surface area (TPSA) is 70.1 Å². The number of aryl methyl sites for hydroxylation is 1. The Labute approximate surface area is 137 Å². The molecule has 0 amide bonds. The van der Waals surface area contributed by atoms with Crippen LogP contribution in [0.2, 0.25) is 5.02 Å². The highest BCUT2D eigenvalue weighted by Crippen LogP contribution is 2.38. The highest BCUT2D eigenvalue weighted by molar-refractivity contribution is 9.10. The molecule has 1 aromatic heterocycles. The Kier molecular flexibility index (Phi) is 2.37. The molecule has 0 unspecified atom stereocenters. The Balaban J connectivity index is 2.79. The number of aromatic nitrogens is 2. The van der Waals surface area contributed by atoms with E-state index in [-0.39, 0.29) is 21.0 Å². The van der Waals surface area contributed by atoms with Crippen molar-refractivity contribution in [3.63, 3.8) is 0 Å². The van der Waals surface area contributed by atoms with Gasteiger partial charge in [-0.05, 0) is 41.8 Å². The number of nitrogen functional groups attached to an aromatic ring is 1. The van der Waals surface area contributed by atoms with Gasteiger partial charge in [-0.15, -0.1) is 5.10 Å². The second-order valence-electron chi connectivity index (χ2n) is 3.94. The van der Waals surface area contributed by atoms with Gasteiger partial charge < -0.3 is 10.5 Å². The van der Waals surface area contributed by atoms with Gasteiger partial charge in [-0.25, -0.2) is 4.68 Å². The molecule has 2 rings (SSSR count). The van der Waals surface area contributed by atoms with E-state index in [4.69, 9.17) is 30.3 Å². The minimum atomic E-state index is -2.92. The number of nitrogens with two attached hydrogens (primary N) is 1. The fourth-order valence-electron chi connectivity index (χ4n) is 1.46. The number of rotatable bonds is 2. The van der Waals surface area contributed by atoms with Gasteiger partial charge in [0.15, 0.2) is 5.75 Å². The fourth-order valence-corrected chi connectivity index (χ4v) is 2.40. The van der Waals surface area contributed by atoms with Gasteiger partial charge in [0.25, 0.3) is 5.56 Å². The quantitative estimate of drug-likeness (QED) is 0.831. The third kappa shape index (κ3) is 2.66. The standard InChI is InChI=1S/C13H13BrClN3O2/c1-6-7(2)13(19)18(3)17-12(6)20-11-9(14)4-8(16)5-10(11)15/h4-5H,16H2,1-3H3/i1D3,3D3. The Bertz CT molecular complexity index is 903. The molecule has 0 aliphatic carbocycles. The molecule has 2 aromatic rings. The lowest BCUT2D eigenvalue weighted by molar-refractivity contribution is 0.432. The Morgan fingerprint density at radius 2 is 2.25 bits per heavy atom. The molecule has 1 aromatic carbocycles. The third-order valence-electron chi connectivity index (χ3n) is 2.51. The second-order valence-corrected chi connectivity index (χ2v) is 5.20. The van der Waals surface area contributed by atoms with Gasteiger partial charge in [0.1, 0.15) is 0 Å². The summed E-state index contributed by atoms with van der Waals surface area (Å²) in [6.45, 7) is -4.50. The third-order valence-corrected chi connectivity index (χ3v) is 3.38. The molecule has 0 saturated carbocycles. The van der Waals surface area contributed by atoms with Crippen molar-refractivity contribution in [1.29, 1.82) is 0 Å². The number of halogens is 2. The van der Waals surface area contributed by atoms with Crippen LogP contribution in [0.1, 0.15) is 19.4 Å². The summed E-state index contributed by atoms with van der Waals surface area (Å²) < 4.78 is 51.2. The van der Waals surface area contributed by atoms with E-state index in [1.165, 1.54) is 19.1 Å². The van der Waals surface area contributed by atoms with Crippen LogP contribution in [0.15, 0.2) is 21.4 Å². The molecular formula is C13H13BrClN3O2. The van der Waals surface area contributed by atoms with E-state index >= 15 is 0 Å². The predicted octanol–water partition coefficient (Wildman–Crippen LogP) is 3.19. The van der Waals surface area contributed by atoms with Crippen LogP contribution in [0.4, 0.5) is 5.69 Å². The Hall–Kier alpha value is -1.53. The maximum Gasteiger partial charge on any atom is 0.269 e. The zero-order valence-corrected chi connectivity index (χ0v) is 12.5. The van der Waals surface area contributed by atoms with E-state index in [0.717, 1.165) is 0 Å². The molecule has 5 nitrogen and oxygen atoms in total. The number of benzene rings is 1. The highest BCUT2D eigenvalue weighted by atomic mass is 79.9. The molecule has 20 heavy (non-hydrogen) atoms. The summed E-state index contributed by atoms with van der Waals surface area (Å²) in [5.41, 5.74) is 4.11. The molecule has 106 valence electrons. The maximum absolute atomic E-state index is 12.2. The van der Waals surface area contributed by atoms with Crippen LogP contribution in [0.25, 0.3) is 0 Å². The van der Waals surface area contributed by atoms with Crippen LogP contribution in [0.3, 0.4) is 0 Å². The lowest BCUT2D eigenvalue weighted by Crippen LogP contribution is -2.23. The van der Waals surface area contributed by atoms with Crippen molar-refractivity contribution in [1.82, 2.24) is 9.78 Å². The van der Waals surface area contributed by atoms with Gasteiger partial charge in [-0.2, -0.15) is 0 Å². The molecule has 0 bridgehead atoms. The van der Waals surface area contributed by atoms with Crippen molar-refractivity contribution in [2.45, 2.75) is 13.8 Å². The van der Waals surface area contributed by atoms with E-state index in [1.807, 2.05) is 0 Å². The van der Waals surface area contributed by atoms with Crippen LogP contribution < -0.4 is 16.0 Å². The lowest BCUT2D eigenvalue weighted by Gasteiger charge is -2.13. The van der Waals surface area contributed by atoms with Crippen LogP contribution in [-0.2, 0) is 6.98 Å². The van der Waals surface area contributed by atoms with Crippen molar-refractivity contribution >= 4 is 33.2 Å². The van der Waals surface area contributed by atoms with Crippen molar-refractivity contribution in [2.75, 3.05) is 5.73 Å². The molecule has 0 spiro atoms. The molecule has 0 radical (unpaired) electrons. The van der Waals surface area contributed by atoms with E-state index in [0.29, 0.717) is 10.2 Å². The summed E-state index contributed by atoms with van der Waals surface area (Å²) in [6.07, 6.45) is 0. The number of hydrogen-bond donors (Lipinski definition) is 1. The van der Waals surface area contributed by atoms with Crippen molar-refractivity contribution < 1.29 is 13.0 Å². The van der Waals surface area contributed by atoms with Gasteiger partial charge in [0.2, 0.25) is 5.88 Å². The minimum Gasteiger partial charge on any atom is -0.435 e. The normalized spacial score (nSPS) is 16.4. The molecule has 0 aliphatic heterocycles. The summed E-state index contributed by atoms with van der Waals surface area (Å²) in [5.74, 6) is -0.584. The predicted molar refractivity (Wildman–Crippen MR) is 82.6 cm³/mol. The largest absolute Gasteiger partial charge is 0.435 e. The average molecular weight is 365 g/mol. The first-order valence-electron chi connectivity index (χ1n) is 8.30. The Morgan fingerprint density at radius 1 is 1.50 bits per heavy atom. The Morgan fingerprint density at radius 3 is 2.85 bits per heavy atom. The van der Waals surface area contributed by atoms with Crippen molar-refractivity contribution in [3.05, 3.63) is 43.1 Å². The van der Waals surface area contributed by atoms with E-state index < -0.39 is 30.8 Å². The highest BCUT2D eigenvalue weighted by Gasteiger charge is 2.15. The first-order chi connectivity index (χ1) is 11.7. The summed E-state index contributed by atoms with van der Waals surface area (Å²) in [5, 5.41) is 3.66. The van der Waals surface area contributed by atoms with Crippen molar-refractivity contribution in [2.24, 2.45) is 6.98 Å². The number of hydrogen-bond acceptors (Lipinski definition) is 4. The van der Waals surface area contributed by atoms with Gasteiger partial charge in [0.05, 0.1) is 9.50 Å². The molecule has 0 fully saturated rings. The van der Waals surface area contributed by atoms with Crippen LogP contribution in [-0.4, -0.2) is 9.78 Å². The molecule has 0 atom stereocenters. The minimum absolute atomic E-state index is 0.0194. The zero-order valence-electron chi connectivity index (χ0n) is 16.2. The summed E-state index contributed by atoms with van der Waals surface area (Å²) in [6, 6.07) is 2.83. The van der Waals surface area contributed by atoms with Crippen molar-refractivity contribution in [3.8, 4) is 11.6 Å². The zero-order chi connectivity index (χ0) is 20.0. The van der Waals surface area contributed by atoms with Crippen LogP contribution in [0, 0.1) is 13.8 Å². The molecule has 0 saturated heterocycles. The van der Waals surface area contributed by atoms with E-state index in [2.05, 4.69) is 21.0 Å². The van der Waals surface area contributed by atoms with Gasteiger partial charge in [0, 0.05) is 32.0 Å². The average Bonchev–Trinajstić information content (AvgIpc) is 2.43. The maximum atomic E-state index is 12.2. The van der Waals surface area contributed by atoms with Crippen LogP contribution >= 0.6 is 27.5 Å². The van der Waals surface area contributed by atoms with E-state index in [9.17, 15) is 4.79 Å². The lowest BCUT2D eigenvalue weighted by atomic mass is 10.2. The van der Waals surface area contributed by atoms with Gasteiger partial charge in [-0.3, -0.25) is 4.79 Å². The van der Waals surface area contributed by atoms with Gasteiger partial charge >= 0.3 is 0 Å². The van der Waals surface area contributed by atoms with Crippen LogP contribution in [0.5, 0.6) is 11.6 Å². The molecule has 1 heterocycles. The molecule has 0 aliphatic rings. The van der Waals surface area contributed by atoms with Gasteiger partial charge in [-0.1, -0.05) is 11.6 Å². The first kappa shape index (κ1) is 8.69. The summed E-state index contributed by atoms with van der Waals surface area (Å²) in [7, 11) is 0. The molecule has 7 heteroatoms. The summed E-state index contributed by atoms with van der Waals surface area (Å²) >= 11 is 9.25. The second kappa shape index (κ2) is 5.46.